The van der Waals surface area contributed by atoms with Gasteiger partial charge in [0.05, 0.1) is 18.4 Å². The first-order chi connectivity index (χ1) is 10.7. The van der Waals surface area contributed by atoms with Crippen molar-refractivity contribution in [3.63, 3.8) is 0 Å². The van der Waals surface area contributed by atoms with Gasteiger partial charge in [0.1, 0.15) is 10.8 Å². The summed E-state index contributed by atoms with van der Waals surface area (Å²) in [5, 5.41) is 3.20. The van der Waals surface area contributed by atoms with E-state index in [9.17, 15) is 0 Å². The molecule has 3 rings (SSSR count). The minimum Gasteiger partial charge on any atom is -0.496 e. The monoisotopic (exact) mass is 380 g/mol. The van der Waals surface area contributed by atoms with Crippen LogP contribution in [0.25, 0.3) is 10.6 Å². The van der Waals surface area contributed by atoms with E-state index in [0.717, 1.165) is 38.9 Å². The average molecular weight is 381 g/mol. The van der Waals surface area contributed by atoms with Crippen LogP contribution in [0.4, 0.5) is 0 Å². The molecule has 0 atom stereocenters. The highest BCUT2D eigenvalue weighted by Gasteiger charge is 2.17. The molecule has 22 heavy (non-hydrogen) atoms. The van der Waals surface area contributed by atoms with Crippen LogP contribution in [-0.2, 0) is 6.54 Å². The molecule has 118 valence electrons. The number of halogens is 1. The molecule has 0 aliphatic carbocycles. The van der Waals surface area contributed by atoms with Crippen LogP contribution in [0.1, 0.15) is 25.5 Å². The Hall–Kier alpha value is -0.910. The van der Waals surface area contributed by atoms with Gasteiger partial charge in [0.25, 0.3) is 0 Å². The molecule has 3 nitrogen and oxygen atoms in total. The molecule has 0 bridgehead atoms. The predicted molar refractivity (Wildman–Crippen MR) is 95.5 cm³/mol. The van der Waals surface area contributed by atoms with Crippen LogP contribution >= 0.6 is 27.3 Å². The Labute approximate surface area is 144 Å². The van der Waals surface area contributed by atoms with Gasteiger partial charge in [-0.3, -0.25) is 4.90 Å². The lowest BCUT2D eigenvalue weighted by Crippen LogP contribution is -2.32. The number of hydrogen-bond acceptors (Lipinski definition) is 4. The number of nitrogens with zero attached hydrogens (tertiary/aromatic N) is 2. The maximum absolute atomic E-state index is 5.46. The summed E-state index contributed by atoms with van der Waals surface area (Å²) in [4.78, 5) is 7.33. The molecule has 2 heterocycles. The predicted octanol–water partition coefficient (Wildman–Crippen LogP) is 4.81. The van der Waals surface area contributed by atoms with E-state index in [-0.39, 0.29) is 0 Å². The first-order valence-electron chi connectivity index (χ1n) is 7.66. The second-order valence-corrected chi connectivity index (χ2v) is 7.72. The zero-order chi connectivity index (χ0) is 15.5. The minimum absolute atomic E-state index is 0.869. The Balaban J connectivity index is 1.75. The van der Waals surface area contributed by atoms with Crippen LogP contribution in [0.15, 0.2) is 28.1 Å². The van der Waals surface area contributed by atoms with Crippen molar-refractivity contribution >= 4 is 27.3 Å². The van der Waals surface area contributed by atoms with Crippen molar-refractivity contribution in [2.24, 2.45) is 5.92 Å². The van der Waals surface area contributed by atoms with E-state index in [0.29, 0.717) is 0 Å². The molecule has 5 heteroatoms. The first-order valence-corrected chi connectivity index (χ1v) is 9.33. The second-order valence-electron chi connectivity index (χ2n) is 5.95. The quantitative estimate of drug-likeness (QED) is 0.760. The summed E-state index contributed by atoms with van der Waals surface area (Å²) in [6.07, 6.45) is 2.60. The van der Waals surface area contributed by atoms with Crippen molar-refractivity contribution in [1.29, 1.82) is 0 Å². The highest BCUT2D eigenvalue weighted by atomic mass is 79.9. The summed E-state index contributed by atoms with van der Waals surface area (Å²) in [6.45, 7) is 5.68. The smallest absolute Gasteiger partial charge is 0.129 e. The maximum atomic E-state index is 5.46. The molecular weight excluding hydrogens is 360 g/mol. The topological polar surface area (TPSA) is 25.4 Å². The molecule has 0 unspecified atom stereocenters. The van der Waals surface area contributed by atoms with Crippen molar-refractivity contribution in [3.05, 3.63) is 33.7 Å². The van der Waals surface area contributed by atoms with E-state index >= 15 is 0 Å². The van der Waals surface area contributed by atoms with Gasteiger partial charge in [0, 0.05) is 16.4 Å². The number of likely N-dealkylation sites (tertiary alicyclic amines) is 1. The molecule has 0 N–H and O–H groups in total. The van der Waals surface area contributed by atoms with Gasteiger partial charge in [-0.1, -0.05) is 22.9 Å². The van der Waals surface area contributed by atoms with E-state index < -0.39 is 0 Å². The molecule has 1 aromatic heterocycles. The fourth-order valence-corrected chi connectivity index (χ4v) is 3.99. The summed E-state index contributed by atoms with van der Waals surface area (Å²) < 4.78 is 6.51. The van der Waals surface area contributed by atoms with E-state index in [4.69, 9.17) is 9.72 Å². The fourth-order valence-electron chi connectivity index (χ4n) is 2.80. The van der Waals surface area contributed by atoms with Crippen molar-refractivity contribution in [2.45, 2.75) is 26.3 Å². The van der Waals surface area contributed by atoms with Crippen LogP contribution in [-0.4, -0.2) is 30.1 Å². The lowest BCUT2D eigenvalue weighted by atomic mass is 9.99. The molecule has 1 aliphatic rings. The third kappa shape index (κ3) is 3.70. The third-order valence-corrected chi connectivity index (χ3v) is 5.62. The summed E-state index contributed by atoms with van der Waals surface area (Å²) in [5.41, 5.74) is 2.22. The van der Waals surface area contributed by atoms with Crippen molar-refractivity contribution in [1.82, 2.24) is 9.88 Å². The largest absolute Gasteiger partial charge is 0.496 e. The van der Waals surface area contributed by atoms with Gasteiger partial charge >= 0.3 is 0 Å². The molecule has 1 fully saturated rings. The number of rotatable bonds is 4. The van der Waals surface area contributed by atoms with Crippen molar-refractivity contribution < 1.29 is 4.74 Å². The number of hydrogen-bond donors (Lipinski definition) is 0. The Morgan fingerprint density at radius 1 is 1.36 bits per heavy atom. The minimum atomic E-state index is 0.869. The molecule has 1 saturated heterocycles. The average Bonchev–Trinajstić information content (AvgIpc) is 2.98. The summed E-state index contributed by atoms with van der Waals surface area (Å²) in [6, 6.07) is 6.04. The van der Waals surface area contributed by atoms with Crippen molar-refractivity contribution in [2.75, 3.05) is 20.2 Å². The van der Waals surface area contributed by atoms with Crippen LogP contribution in [0, 0.1) is 5.92 Å². The van der Waals surface area contributed by atoms with Crippen LogP contribution < -0.4 is 4.74 Å². The lowest BCUT2D eigenvalue weighted by molar-refractivity contribution is 0.184. The number of ether oxygens (including phenoxy) is 1. The normalized spacial score (nSPS) is 16.9. The zero-order valence-electron chi connectivity index (χ0n) is 13.0. The molecule has 0 radical (unpaired) electrons. The van der Waals surface area contributed by atoms with Gasteiger partial charge in [-0.2, -0.15) is 0 Å². The number of benzene rings is 1. The van der Waals surface area contributed by atoms with E-state index in [1.165, 1.54) is 25.9 Å². The van der Waals surface area contributed by atoms with Gasteiger partial charge < -0.3 is 4.74 Å². The maximum Gasteiger partial charge on any atom is 0.129 e. The third-order valence-electron chi connectivity index (χ3n) is 4.21. The van der Waals surface area contributed by atoms with Gasteiger partial charge in [0.15, 0.2) is 0 Å². The van der Waals surface area contributed by atoms with Crippen LogP contribution in [0.5, 0.6) is 5.75 Å². The van der Waals surface area contributed by atoms with Gasteiger partial charge in [-0.15, -0.1) is 11.3 Å². The van der Waals surface area contributed by atoms with Crippen molar-refractivity contribution in [3.8, 4) is 16.3 Å². The van der Waals surface area contributed by atoms with E-state index in [1.54, 1.807) is 18.4 Å². The van der Waals surface area contributed by atoms with Gasteiger partial charge in [-0.25, -0.2) is 4.98 Å². The molecule has 0 saturated carbocycles. The molecular formula is C17H21BrN2OS. The standard InChI is InChI=1S/C17H21BrN2OS/c1-12-5-7-20(8-6-12)10-14-11-22-17(19-14)15-9-13(18)3-4-16(15)21-2/h3-4,9,11-12H,5-8,10H2,1-2H3. The number of aromatic nitrogens is 1. The summed E-state index contributed by atoms with van der Waals surface area (Å²) >= 11 is 5.22. The Morgan fingerprint density at radius 3 is 2.86 bits per heavy atom. The Morgan fingerprint density at radius 2 is 2.14 bits per heavy atom. The Bertz CT molecular complexity index is 635. The summed E-state index contributed by atoms with van der Waals surface area (Å²) in [7, 11) is 1.70. The summed E-state index contributed by atoms with van der Waals surface area (Å²) in [5.74, 6) is 1.74. The fraction of sp³-hybridized carbons (Fsp3) is 0.471. The highest BCUT2D eigenvalue weighted by Crippen LogP contribution is 2.34. The zero-order valence-corrected chi connectivity index (χ0v) is 15.4. The molecule has 2 aromatic rings. The SMILES string of the molecule is COc1ccc(Br)cc1-c1nc(CN2CCC(C)CC2)cs1. The van der Waals surface area contributed by atoms with Gasteiger partial charge in [-0.05, 0) is 50.0 Å². The highest BCUT2D eigenvalue weighted by molar-refractivity contribution is 9.10. The first kappa shape index (κ1) is 16.0. The van der Waals surface area contributed by atoms with E-state index in [2.05, 4.69) is 39.2 Å². The molecule has 1 aromatic carbocycles. The molecule has 1 aliphatic heterocycles. The number of methoxy groups -OCH3 is 1. The van der Waals surface area contributed by atoms with E-state index in [1.807, 2.05) is 12.1 Å². The van der Waals surface area contributed by atoms with Crippen LogP contribution in [0.3, 0.4) is 0 Å². The Kier molecular flexibility index (Phi) is 5.16. The van der Waals surface area contributed by atoms with Crippen LogP contribution in [0.2, 0.25) is 0 Å². The molecule has 0 amide bonds. The number of piperidine rings is 1. The molecule has 0 spiro atoms. The van der Waals surface area contributed by atoms with Gasteiger partial charge in [0.2, 0.25) is 0 Å². The number of thiazole rings is 1. The second kappa shape index (κ2) is 7.11. The lowest BCUT2D eigenvalue weighted by Gasteiger charge is -2.29.